The first-order valence-electron chi connectivity index (χ1n) is 12.5. The van der Waals surface area contributed by atoms with Crippen molar-refractivity contribution >= 4 is 35.5 Å². The van der Waals surface area contributed by atoms with E-state index in [1.807, 2.05) is 6.92 Å². The second-order valence-corrected chi connectivity index (χ2v) is 11.6. The maximum Gasteiger partial charge on any atom is 0.353 e. The molecule has 0 spiro atoms. The van der Waals surface area contributed by atoms with Gasteiger partial charge in [0.15, 0.2) is 0 Å². The van der Waals surface area contributed by atoms with Crippen LogP contribution in [0.2, 0.25) is 0 Å². The van der Waals surface area contributed by atoms with E-state index in [9.17, 15) is 29.4 Å². The van der Waals surface area contributed by atoms with E-state index in [1.165, 1.54) is 27.7 Å². The Morgan fingerprint density at radius 3 is 2.74 bits per heavy atom. The Morgan fingerprint density at radius 2 is 2.11 bits per heavy atom. The van der Waals surface area contributed by atoms with Gasteiger partial charge in [-0.25, -0.2) is 9.48 Å². The number of hydrogen-bond donors (Lipinski definition) is 5. The van der Waals surface area contributed by atoms with Gasteiger partial charge in [0.2, 0.25) is 17.7 Å². The predicted octanol–water partition coefficient (Wildman–Crippen LogP) is -3.06. The van der Waals surface area contributed by atoms with Crippen molar-refractivity contribution in [2.24, 2.45) is 17.6 Å². The molecule has 3 saturated heterocycles. The van der Waals surface area contributed by atoms with Gasteiger partial charge < -0.3 is 36.4 Å². The SMILES string of the molecule is CC(NC(=O)Cn1cnnn1)[C@H]1C(=O)N2C(C(=O)O)=C(S[C@@H]3CN[C@H](C(=O)N4C[C@@H](N)[C@H](O)C4)C3)[C@H](C)[C@H]12. The molecule has 0 saturated carbocycles. The molecule has 0 radical (unpaired) electrons. The number of β-amino-alcohol motifs (C(OH)–C–C–N with tert-alkyl or cyclic N) is 1. The van der Waals surface area contributed by atoms with Crippen molar-refractivity contribution in [2.75, 3.05) is 19.6 Å². The summed E-state index contributed by atoms with van der Waals surface area (Å²) in [6.07, 6.45) is 1.06. The lowest BCUT2D eigenvalue weighted by Gasteiger charge is -2.47. The van der Waals surface area contributed by atoms with Crippen LogP contribution in [0.1, 0.15) is 20.3 Å². The number of aliphatic carboxylic acids is 1. The van der Waals surface area contributed by atoms with Gasteiger partial charge in [-0.15, -0.1) is 16.9 Å². The third-order valence-electron chi connectivity index (χ3n) is 7.74. The smallest absolute Gasteiger partial charge is 0.353 e. The number of aliphatic hydroxyl groups is 1. The van der Waals surface area contributed by atoms with Crippen molar-refractivity contribution in [1.82, 2.24) is 40.6 Å². The minimum atomic E-state index is -1.18. The molecular formula is C22H31N9O6S. The first-order chi connectivity index (χ1) is 18.1. The summed E-state index contributed by atoms with van der Waals surface area (Å²) in [5, 5.41) is 36.5. The number of fused-ring (bicyclic) bond motifs is 1. The molecule has 1 aromatic rings. The van der Waals surface area contributed by atoms with Gasteiger partial charge in [0.1, 0.15) is 18.6 Å². The molecule has 0 bridgehead atoms. The number of nitrogens with one attached hydrogen (secondary N) is 2. The highest BCUT2D eigenvalue weighted by Crippen LogP contribution is 2.51. The lowest BCUT2D eigenvalue weighted by Crippen LogP contribution is -2.66. The minimum Gasteiger partial charge on any atom is -0.477 e. The van der Waals surface area contributed by atoms with E-state index in [0.29, 0.717) is 24.4 Å². The Bertz CT molecular complexity index is 1150. The number of hydrogen-bond acceptors (Lipinski definition) is 11. The molecule has 206 valence electrons. The highest BCUT2D eigenvalue weighted by molar-refractivity contribution is 8.03. The highest BCUT2D eigenvalue weighted by atomic mass is 32.2. The number of tetrazole rings is 1. The molecule has 8 atom stereocenters. The largest absolute Gasteiger partial charge is 0.477 e. The topological polar surface area (TPSA) is 209 Å². The first-order valence-corrected chi connectivity index (χ1v) is 13.4. The number of carbonyl (C=O) groups excluding carboxylic acids is 3. The van der Waals surface area contributed by atoms with Crippen molar-refractivity contribution < 1.29 is 29.4 Å². The molecular weight excluding hydrogens is 518 g/mol. The number of amides is 3. The van der Waals surface area contributed by atoms with Crippen LogP contribution in [0.3, 0.4) is 0 Å². The van der Waals surface area contributed by atoms with Crippen molar-refractivity contribution in [3.8, 4) is 0 Å². The van der Waals surface area contributed by atoms with Crippen LogP contribution >= 0.6 is 11.8 Å². The predicted molar refractivity (Wildman–Crippen MR) is 132 cm³/mol. The van der Waals surface area contributed by atoms with Gasteiger partial charge in [-0.3, -0.25) is 14.4 Å². The number of nitrogens with two attached hydrogens (primary N) is 1. The molecule has 3 fully saturated rings. The Hall–Kier alpha value is -3.08. The fraction of sp³-hybridized carbons (Fsp3) is 0.682. The van der Waals surface area contributed by atoms with Crippen LogP contribution in [-0.2, 0) is 25.7 Å². The molecule has 5 rings (SSSR count). The lowest BCUT2D eigenvalue weighted by molar-refractivity contribution is -0.158. The van der Waals surface area contributed by atoms with E-state index in [1.54, 1.807) is 11.8 Å². The fourth-order valence-corrected chi connectivity index (χ4v) is 7.34. The molecule has 0 aromatic carbocycles. The zero-order valence-corrected chi connectivity index (χ0v) is 21.7. The first kappa shape index (κ1) is 26.5. The number of aromatic nitrogens is 4. The van der Waals surface area contributed by atoms with Gasteiger partial charge >= 0.3 is 5.97 Å². The Kier molecular flexibility index (Phi) is 7.15. The van der Waals surface area contributed by atoms with Gasteiger partial charge in [0.25, 0.3) is 0 Å². The number of carboxylic acid groups (broad SMARTS) is 1. The minimum absolute atomic E-state index is 0.0237. The van der Waals surface area contributed by atoms with E-state index in [4.69, 9.17) is 5.73 Å². The van der Waals surface area contributed by atoms with E-state index in [-0.39, 0.29) is 53.7 Å². The van der Waals surface area contributed by atoms with Crippen LogP contribution < -0.4 is 16.4 Å². The number of likely N-dealkylation sites (tertiary alicyclic amines) is 1. The standard InChI is InChI=1S/C22H31N9O6S/c1-9-17-16(10(2)26-15(33)7-30-8-25-27-28-30)21(35)31(17)18(22(36)37)19(9)38-11-3-13(24-4-11)20(34)29-5-12(23)14(32)6-29/h8-14,16-17,24,32H,3-7,23H2,1-2H3,(H,26,33)(H,36,37)/t9-,10?,11+,12-,13+,14-,16-,17-/m1/s1. The Balaban J connectivity index is 1.23. The number of β-lactam (4-membered cyclic amide) rings is 1. The number of carbonyl (C=O) groups is 4. The Morgan fingerprint density at radius 1 is 1.34 bits per heavy atom. The van der Waals surface area contributed by atoms with Crippen LogP contribution in [0.5, 0.6) is 0 Å². The lowest BCUT2D eigenvalue weighted by atomic mass is 9.78. The van der Waals surface area contributed by atoms with Gasteiger partial charge in [0.05, 0.1) is 24.1 Å². The summed E-state index contributed by atoms with van der Waals surface area (Å²) in [5.41, 5.74) is 5.81. The average Bonchev–Trinajstić information content (AvgIpc) is 3.63. The quantitative estimate of drug-likeness (QED) is 0.205. The number of rotatable bonds is 8. The summed E-state index contributed by atoms with van der Waals surface area (Å²) in [5.74, 6) is -2.83. The molecule has 5 heterocycles. The van der Waals surface area contributed by atoms with Crippen LogP contribution in [0.25, 0.3) is 0 Å². The Labute approximate surface area is 222 Å². The van der Waals surface area contributed by atoms with Crippen molar-refractivity contribution in [2.45, 2.75) is 62.3 Å². The normalized spacial score (nSPS) is 33.4. The monoisotopic (exact) mass is 549 g/mol. The van der Waals surface area contributed by atoms with E-state index >= 15 is 0 Å². The second-order valence-electron chi connectivity index (χ2n) is 10.3. The third-order valence-corrected chi connectivity index (χ3v) is 9.25. The number of nitrogens with zero attached hydrogens (tertiary/aromatic N) is 6. The molecule has 4 aliphatic heterocycles. The van der Waals surface area contributed by atoms with Crippen molar-refractivity contribution in [1.29, 1.82) is 0 Å². The number of aliphatic hydroxyl groups excluding tert-OH is 1. The van der Waals surface area contributed by atoms with E-state index in [2.05, 4.69) is 26.2 Å². The maximum absolute atomic E-state index is 13.1. The third kappa shape index (κ3) is 4.65. The van der Waals surface area contributed by atoms with Gasteiger partial charge in [-0.2, -0.15) is 0 Å². The average molecular weight is 550 g/mol. The van der Waals surface area contributed by atoms with E-state index < -0.39 is 36.1 Å². The molecule has 16 heteroatoms. The summed E-state index contributed by atoms with van der Waals surface area (Å²) in [7, 11) is 0. The fourth-order valence-electron chi connectivity index (χ4n) is 5.86. The molecule has 15 nitrogen and oxygen atoms in total. The number of thioether (sulfide) groups is 1. The number of carboxylic acids is 1. The van der Waals surface area contributed by atoms with Crippen LogP contribution in [-0.4, -0.2) is 119 Å². The summed E-state index contributed by atoms with van der Waals surface area (Å²) in [6, 6.07) is -1.82. The maximum atomic E-state index is 13.1. The van der Waals surface area contributed by atoms with Crippen molar-refractivity contribution in [3.63, 3.8) is 0 Å². The van der Waals surface area contributed by atoms with Gasteiger partial charge in [-0.1, -0.05) is 6.92 Å². The second kappa shape index (κ2) is 10.2. The molecule has 38 heavy (non-hydrogen) atoms. The van der Waals surface area contributed by atoms with Gasteiger partial charge in [0, 0.05) is 47.8 Å². The van der Waals surface area contributed by atoms with E-state index in [0.717, 1.165) is 0 Å². The molecule has 4 aliphatic rings. The summed E-state index contributed by atoms with van der Waals surface area (Å²) >= 11 is 1.39. The summed E-state index contributed by atoms with van der Waals surface area (Å²) in [6.45, 7) is 4.52. The molecule has 1 aromatic heterocycles. The zero-order chi connectivity index (χ0) is 27.3. The van der Waals surface area contributed by atoms with Crippen LogP contribution in [0, 0.1) is 11.8 Å². The van der Waals surface area contributed by atoms with Crippen LogP contribution in [0.4, 0.5) is 0 Å². The summed E-state index contributed by atoms with van der Waals surface area (Å²) < 4.78 is 1.27. The van der Waals surface area contributed by atoms with Crippen LogP contribution in [0.15, 0.2) is 16.9 Å². The molecule has 0 aliphatic carbocycles. The molecule has 6 N–H and O–H groups in total. The highest BCUT2D eigenvalue weighted by Gasteiger charge is 2.60. The van der Waals surface area contributed by atoms with Gasteiger partial charge in [-0.05, 0) is 23.8 Å². The molecule has 3 amide bonds. The summed E-state index contributed by atoms with van der Waals surface area (Å²) in [4.78, 5) is 54.2. The van der Waals surface area contributed by atoms with Crippen molar-refractivity contribution in [3.05, 3.63) is 16.9 Å². The molecule has 1 unspecified atom stereocenters. The zero-order valence-electron chi connectivity index (χ0n) is 20.9.